The molecule has 0 heterocycles. The summed E-state index contributed by atoms with van der Waals surface area (Å²) in [6.07, 6.45) is 2.54. The van der Waals surface area contributed by atoms with E-state index in [9.17, 15) is 0 Å². The van der Waals surface area contributed by atoms with Crippen LogP contribution in [0.5, 0.6) is 0 Å². The minimum atomic E-state index is -0.528. The first-order chi connectivity index (χ1) is 1.41. The molecule has 0 N–H and O–H groups in total. The molecule has 0 aliphatic carbocycles. The van der Waals surface area contributed by atoms with Crippen LogP contribution in [0.4, 0.5) is 0 Å². The third-order valence-electron chi connectivity index (χ3n) is 0. The van der Waals surface area contributed by atoms with Gasteiger partial charge in [-0.25, -0.2) is 0 Å². The standard InChI is InChI=1S/ClH.H2P.2Pb.2H/h1H;1H2;;;;/q;-1;;+2;;/p-1. The maximum absolute atomic E-state index is 5.16. The second-order valence-electron chi connectivity index (χ2n) is 0.109. The van der Waals surface area contributed by atoms with Crippen molar-refractivity contribution in [3.63, 3.8) is 0 Å². The summed E-state index contributed by atoms with van der Waals surface area (Å²) in [7, 11) is 5.16. The molecule has 4 heteroatoms. The number of hydrogen-bond donors (Lipinski definition) is 0. The van der Waals surface area contributed by atoms with Crippen molar-refractivity contribution in [3.05, 3.63) is 0 Å². The monoisotopic (exact) mass is 486 g/mol. The molecular formula is H4ClPPb2. The molecule has 0 aromatic carbocycles. The van der Waals surface area contributed by atoms with Crippen LogP contribution in [0.15, 0.2) is 0 Å². The molecule has 0 saturated heterocycles. The summed E-state index contributed by atoms with van der Waals surface area (Å²) in [4.78, 5) is 0. The van der Waals surface area contributed by atoms with Crippen LogP contribution in [0.2, 0.25) is 0 Å². The normalized spacial score (nSPS) is 4.50. The van der Waals surface area contributed by atoms with E-state index in [2.05, 4.69) is 6.36 Å². The minimum absolute atomic E-state index is 0. The molecule has 0 spiro atoms. The molecule has 0 aromatic rings. The van der Waals surface area contributed by atoms with Gasteiger partial charge < -0.3 is 0 Å². The Labute approximate surface area is 63.3 Å². The van der Waals surface area contributed by atoms with Gasteiger partial charge in [-0.05, 0) is 0 Å². The Kier molecular flexibility index (Phi) is 22.3. The second kappa shape index (κ2) is 9.12. The first-order valence-corrected chi connectivity index (χ1v) is 12.6. The van der Waals surface area contributed by atoms with Gasteiger partial charge in [0.2, 0.25) is 0 Å². The van der Waals surface area contributed by atoms with E-state index in [-0.39, 0.29) is 27.3 Å². The van der Waals surface area contributed by atoms with E-state index < -0.39 is 22.4 Å². The summed E-state index contributed by atoms with van der Waals surface area (Å²) < 4.78 is 0. The van der Waals surface area contributed by atoms with Crippen molar-refractivity contribution in [1.82, 2.24) is 0 Å². The number of rotatable bonds is 0. The summed E-state index contributed by atoms with van der Waals surface area (Å²) in [5.41, 5.74) is 0. The van der Waals surface area contributed by atoms with Crippen LogP contribution in [0.1, 0.15) is 0 Å². The van der Waals surface area contributed by atoms with Crippen molar-refractivity contribution in [2.24, 2.45) is 0 Å². The molecule has 0 amide bonds. The Morgan fingerprint density at radius 1 is 1.75 bits per heavy atom. The first-order valence-electron chi connectivity index (χ1n) is 0.478. The molecule has 0 aromatic heterocycles. The van der Waals surface area contributed by atoms with Crippen LogP contribution in [0.25, 0.3) is 0 Å². The van der Waals surface area contributed by atoms with Gasteiger partial charge in [0.25, 0.3) is 0 Å². The molecule has 24 valence electrons. The number of halogens is 1. The molecule has 0 bridgehead atoms. The van der Waals surface area contributed by atoms with E-state index in [4.69, 9.17) is 8.32 Å². The van der Waals surface area contributed by atoms with Gasteiger partial charge >= 0.3 is 64.4 Å². The summed E-state index contributed by atoms with van der Waals surface area (Å²) in [6.45, 7) is 0. The predicted molar refractivity (Wildman–Crippen MR) is 29.9 cm³/mol. The Morgan fingerprint density at radius 3 is 1.75 bits per heavy atom. The van der Waals surface area contributed by atoms with Crippen LogP contribution in [-0.2, 0) is 0 Å². The molecule has 0 saturated carbocycles. The van der Waals surface area contributed by atoms with Crippen molar-refractivity contribution in [1.29, 1.82) is 0 Å². The molecule has 0 rings (SSSR count). The summed E-state index contributed by atoms with van der Waals surface area (Å²) >= 11 is -0.528. The molecule has 0 aliphatic heterocycles. The first kappa shape index (κ1) is 9.76. The fraction of sp³-hybridized carbons (Fsp3) is 0. The van der Waals surface area contributed by atoms with Crippen LogP contribution >= 0.6 is 14.7 Å². The Balaban J connectivity index is 0. The van der Waals surface area contributed by atoms with E-state index in [1.165, 1.54) is 0 Å². The Morgan fingerprint density at radius 2 is 1.75 bits per heavy atom. The van der Waals surface area contributed by atoms with Gasteiger partial charge in [0.05, 0.1) is 0 Å². The predicted octanol–water partition coefficient (Wildman–Crippen LogP) is -0.282. The average Bonchev–Trinajstić information content (AvgIpc) is 0.918. The van der Waals surface area contributed by atoms with E-state index in [0.29, 0.717) is 0 Å². The molecule has 0 aliphatic rings. The zero-order valence-electron chi connectivity index (χ0n) is 2.16. The van der Waals surface area contributed by atoms with Gasteiger partial charge in [-0.1, -0.05) is 0 Å². The fourth-order valence-corrected chi connectivity index (χ4v) is 0. The molecular weight excluding hydrogens is 481 g/mol. The van der Waals surface area contributed by atoms with Crippen molar-refractivity contribution >= 4 is 64.4 Å². The summed E-state index contributed by atoms with van der Waals surface area (Å²) in [5, 5.41) is 0. The zero-order valence-corrected chi connectivity index (χ0v) is 13.5. The van der Waals surface area contributed by atoms with E-state index in [1.807, 2.05) is 0 Å². The van der Waals surface area contributed by atoms with Crippen LogP contribution in [0, 0.1) is 0 Å². The quantitative estimate of drug-likeness (QED) is 0.328. The van der Waals surface area contributed by atoms with Gasteiger partial charge in [0.15, 0.2) is 0 Å². The topological polar surface area (TPSA) is 0 Å². The van der Waals surface area contributed by atoms with Crippen molar-refractivity contribution in [2.45, 2.75) is 0 Å². The van der Waals surface area contributed by atoms with Gasteiger partial charge in [0.1, 0.15) is 0 Å². The third-order valence-corrected chi connectivity index (χ3v) is 0. The Bertz CT molecular complexity index is 6.00. The van der Waals surface area contributed by atoms with Gasteiger partial charge in [0, 0.05) is 0 Å². The van der Waals surface area contributed by atoms with Gasteiger partial charge in [-0.3, -0.25) is 0 Å². The maximum atomic E-state index is 5.16. The molecule has 1 atom stereocenters. The molecule has 4 heavy (non-hydrogen) atoms. The Hall–Kier alpha value is 2.56. The van der Waals surface area contributed by atoms with E-state index in [1.54, 1.807) is 0 Å². The molecule has 4 radical (unpaired) electrons. The summed E-state index contributed by atoms with van der Waals surface area (Å²) in [6, 6.07) is 0. The third kappa shape index (κ3) is 8.82. The van der Waals surface area contributed by atoms with Crippen molar-refractivity contribution in [3.8, 4) is 0 Å². The zero-order chi connectivity index (χ0) is 2.71. The van der Waals surface area contributed by atoms with Crippen LogP contribution in [-0.4, -0.2) is 49.7 Å². The van der Waals surface area contributed by atoms with Crippen LogP contribution in [0.3, 0.4) is 0 Å². The van der Waals surface area contributed by atoms with Crippen molar-refractivity contribution in [2.75, 3.05) is 0 Å². The van der Waals surface area contributed by atoms with Crippen molar-refractivity contribution < 1.29 is 0 Å². The van der Waals surface area contributed by atoms with E-state index >= 15 is 0 Å². The molecule has 1 unspecified atom stereocenters. The molecule has 0 fully saturated rings. The number of hydrogen-bond acceptors (Lipinski definition) is 0. The van der Waals surface area contributed by atoms with Gasteiger partial charge in [-0.2, -0.15) is 0 Å². The SMILES string of the molecule is [PH2][Pb][Cl].[PbH2]. The average molecular weight is 485 g/mol. The van der Waals surface area contributed by atoms with E-state index in [0.717, 1.165) is 0 Å². The second-order valence-corrected chi connectivity index (χ2v) is 8.62. The fourth-order valence-electron chi connectivity index (χ4n) is 0. The molecule has 0 nitrogen and oxygen atoms in total. The van der Waals surface area contributed by atoms with Gasteiger partial charge in [-0.15, -0.1) is 0 Å². The summed E-state index contributed by atoms with van der Waals surface area (Å²) in [5.74, 6) is 0. The van der Waals surface area contributed by atoms with Crippen LogP contribution < -0.4 is 0 Å².